The van der Waals surface area contributed by atoms with Crippen molar-refractivity contribution in [2.24, 2.45) is 0 Å². The van der Waals surface area contributed by atoms with Crippen LogP contribution in [0.15, 0.2) is 30.3 Å². The summed E-state index contributed by atoms with van der Waals surface area (Å²) in [6.07, 6.45) is 6.09. The van der Waals surface area contributed by atoms with Gasteiger partial charge in [-0.2, -0.15) is 10.5 Å². The zero-order chi connectivity index (χ0) is 22.1. The number of carbonyl (C=O) groups is 1. The van der Waals surface area contributed by atoms with Crippen molar-refractivity contribution in [2.75, 3.05) is 0 Å². The second-order valence-corrected chi connectivity index (χ2v) is 8.78. The van der Waals surface area contributed by atoms with E-state index in [1.807, 2.05) is 26.0 Å². The van der Waals surface area contributed by atoms with E-state index in [1.165, 1.54) is 22.6 Å². The molecule has 0 spiro atoms. The third-order valence-electron chi connectivity index (χ3n) is 5.79. The number of allylic oxidation sites excluding steroid dienone is 1. The SMILES string of the molecule is Cc1cc(/C=C(/C#N)c2ccc(C(=O)[O-])cc2)c(C)n1-c1sc2c(c1C#N)CCCC2. The van der Waals surface area contributed by atoms with E-state index in [-0.39, 0.29) is 5.56 Å². The van der Waals surface area contributed by atoms with Gasteiger partial charge in [-0.05, 0) is 73.9 Å². The van der Waals surface area contributed by atoms with Crippen molar-refractivity contribution < 1.29 is 9.90 Å². The summed E-state index contributed by atoms with van der Waals surface area (Å²) in [4.78, 5) is 12.3. The number of carboxylic acid groups (broad SMARTS) is 1. The fourth-order valence-corrected chi connectivity index (χ4v) is 5.64. The Morgan fingerprint density at radius 2 is 1.81 bits per heavy atom. The van der Waals surface area contributed by atoms with E-state index < -0.39 is 5.97 Å². The lowest BCUT2D eigenvalue weighted by molar-refractivity contribution is -0.255. The Morgan fingerprint density at radius 1 is 1.13 bits per heavy atom. The lowest BCUT2D eigenvalue weighted by atomic mass is 9.96. The topological polar surface area (TPSA) is 92.6 Å². The fourth-order valence-electron chi connectivity index (χ4n) is 4.19. The number of carboxylic acids is 1. The van der Waals surface area contributed by atoms with Crippen LogP contribution in [-0.2, 0) is 12.8 Å². The Bertz CT molecular complexity index is 1290. The number of aromatic carboxylic acids is 1. The molecule has 1 aromatic carbocycles. The van der Waals surface area contributed by atoms with Crippen LogP contribution in [0.4, 0.5) is 0 Å². The van der Waals surface area contributed by atoms with Crippen LogP contribution in [0, 0.1) is 36.5 Å². The predicted octanol–water partition coefficient (Wildman–Crippen LogP) is 4.33. The van der Waals surface area contributed by atoms with Crippen molar-refractivity contribution in [3.05, 3.63) is 74.4 Å². The molecule has 0 saturated carbocycles. The van der Waals surface area contributed by atoms with Gasteiger partial charge in [0.15, 0.2) is 0 Å². The van der Waals surface area contributed by atoms with E-state index in [4.69, 9.17) is 0 Å². The Labute approximate surface area is 185 Å². The first kappa shape index (κ1) is 20.7. The van der Waals surface area contributed by atoms with Gasteiger partial charge in [0.1, 0.15) is 11.1 Å². The third kappa shape index (κ3) is 3.67. The van der Waals surface area contributed by atoms with E-state index >= 15 is 0 Å². The van der Waals surface area contributed by atoms with Crippen molar-refractivity contribution in [3.8, 4) is 17.1 Å². The molecule has 3 aromatic rings. The fraction of sp³-hybridized carbons (Fsp3) is 0.240. The number of carbonyl (C=O) groups excluding carboxylic acids is 1. The average molecular weight is 427 g/mol. The van der Waals surface area contributed by atoms with Crippen LogP contribution in [0.3, 0.4) is 0 Å². The van der Waals surface area contributed by atoms with Crippen LogP contribution in [0.25, 0.3) is 16.7 Å². The first-order valence-electron chi connectivity index (χ1n) is 10.1. The summed E-state index contributed by atoms with van der Waals surface area (Å²) in [6, 6.07) is 12.8. The molecule has 0 radical (unpaired) electrons. The monoisotopic (exact) mass is 426 g/mol. The second-order valence-electron chi connectivity index (χ2n) is 7.70. The van der Waals surface area contributed by atoms with Gasteiger partial charge < -0.3 is 14.5 Å². The van der Waals surface area contributed by atoms with Gasteiger partial charge in [-0.15, -0.1) is 11.3 Å². The Hall–Kier alpha value is -3.61. The normalized spacial score (nSPS) is 13.4. The van der Waals surface area contributed by atoms with E-state index in [0.717, 1.165) is 53.2 Å². The quantitative estimate of drug-likeness (QED) is 0.580. The summed E-state index contributed by atoms with van der Waals surface area (Å²) in [5, 5.41) is 31.5. The number of nitrogens with zero attached hydrogens (tertiary/aromatic N) is 3. The predicted molar refractivity (Wildman–Crippen MR) is 119 cm³/mol. The van der Waals surface area contributed by atoms with E-state index in [0.29, 0.717) is 11.1 Å². The molecule has 31 heavy (non-hydrogen) atoms. The molecule has 154 valence electrons. The first-order chi connectivity index (χ1) is 14.9. The van der Waals surface area contributed by atoms with Crippen molar-refractivity contribution >= 4 is 29.0 Å². The molecular formula is C25H20N3O2S-. The van der Waals surface area contributed by atoms with Gasteiger partial charge in [0.2, 0.25) is 0 Å². The number of aromatic nitrogens is 1. The molecular weight excluding hydrogens is 406 g/mol. The summed E-state index contributed by atoms with van der Waals surface area (Å²) in [5.41, 5.74) is 5.99. The molecule has 6 heteroatoms. The molecule has 0 bridgehead atoms. The van der Waals surface area contributed by atoms with Crippen LogP contribution in [0.1, 0.15) is 61.7 Å². The number of aryl methyl sites for hydroxylation is 2. The van der Waals surface area contributed by atoms with Crippen LogP contribution < -0.4 is 5.11 Å². The standard InChI is InChI=1S/C25H21N3O2S/c1-15-11-19(12-20(13-26)17-7-9-18(10-8-17)25(29)30)16(2)28(15)24-22(14-27)21-5-3-4-6-23(21)31-24/h7-12H,3-6H2,1-2H3,(H,29,30)/p-1/b20-12-. The largest absolute Gasteiger partial charge is 0.545 e. The number of nitriles is 2. The minimum atomic E-state index is -1.25. The maximum absolute atomic E-state index is 11.0. The Morgan fingerprint density at radius 3 is 2.45 bits per heavy atom. The molecule has 0 atom stereocenters. The van der Waals surface area contributed by atoms with E-state index in [2.05, 4.69) is 16.7 Å². The zero-order valence-electron chi connectivity index (χ0n) is 17.4. The van der Waals surface area contributed by atoms with Crippen LogP contribution in [-0.4, -0.2) is 10.5 Å². The molecule has 5 nitrogen and oxygen atoms in total. The lowest BCUT2D eigenvalue weighted by Crippen LogP contribution is -2.21. The summed E-state index contributed by atoms with van der Waals surface area (Å²) in [5.74, 6) is -1.25. The third-order valence-corrected chi connectivity index (χ3v) is 7.07. The van der Waals surface area contributed by atoms with Crippen LogP contribution in [0.5, 0.6) is 0 Å². The van der Waals surface area contributed by atoms with Gasteiger partial charge in [0.05, 0.1) is 23.2 Å². The van der Waals surface area contributed by atoms with Gasteiger partial charge in [-0.1, -0.05) is 24.3 Å². The summed E-state index contributed by atoms with van der Waals surface area (Å²) >= 11 is 1.70. The van der Waals surface area contributed by atoms with Crippen LogP contribution in [0.2, 0.25) is 0 Å². The minimum Gasteiger partial charge on any atom is -0.545 e. The smallest absolute Gasteiger partial charge is 0.118 e. The average Bonchev–Trinajstić information content (AvgIpc) is 3.27. The van der Waals surface area contributed by atoms with Crippen molar-refractivity contribution in [1.29, 1.82) is 10.5 Å². The van der Waals surface area contributed by atoms with E-state index in [1.54, 1.807) is 23.5 Å². The van der Waals surface area contributed by atoms with Gasteiger partial charge >= 0.3 is 0 Å². The molecule has 1 aliphatic carbocycles. The summed E-state index contributed by atoms with van der Waals surface area (Å²) < 4.78 is 2.11. The molecule has 0 N–H and O–H groups in total. The molecule has 0 amide bonds. The molecule has 0 unspecified atom stereocenters. The van der Waals surface area contributed by atoms with E-state index in [9.17, 15) is 20.4 Å². The zero-order valence-corrected chi connectivity index (χ0v) is 18.2. The van der Waals surface area contributed by atoms with Crippen molar-refractivity contribution in [3.63, 3.8) is 0 Å². The molecule has 0 fully saturated rings. The number of thiophene rings is 1. The molecule has 4 rings (SSSR count). The highest BCUT2D eigenvalue weighted by molar-refractivity contribution is 7.15. The highest BCUT2D eigenvalue weighted by atomic mass is 32.1. The number of hydrogen-bond acceptors (Lipinski definition) is 5. The number of rotatable bonds is 4. The van der Waals surface area contributed by atoms with Gasteiger partial charge in [0, 0.05) is 16.3 Å². The summed E-state index contributed by atoms with van der Waals surface area (Å²) in [7, 11) is 0. The molecule has 2 aromatic heterocycles. The highest BCUT2D eigenvalue weighted by Gasteiger charge is 2.23. The second kappa shape index (κ2) is 8.26. The number of fused-ring (bicyclic) bond motifs is 1. The molecule has 1 aliphatic rings. The lowest BCUT2D eigenvalue weighted by Gasteiger charge is -2.10. The number of hydrogen-bond donors (Lipinski definition) is 0. The van der Waals surface area contributed by atoms with Gasteiger partial charge in [0.25, 0.3) is 0 Å². The van der Waals surface area contributed by atoms with Gasteiger partial charge in [-0.25, -0.2) is 0 Å². The maximum Gasteiger partial charge on any atom is 0.118 e. The van der Waals surface area contributed by atoms with Crippen LogP contribution >= 0.6 is 11.3 Å². The van der Waals surface area contributed by atoms with Crippen molar-refractivity contribution in [2.45, 2.75) is 39.5 Å². The molecule has 0 saturated heterocycles. The van der Waals surface area contributed by atoms with Gasteiger partial charge in [-0.3, -0.25) is 0 Å². The Kier molecular flexibility index (Phi) is 5.50. The Balaban J connectivity index is 1.78. The van der Waals surface area contributed by atoms with Crippen molar-refractivity contribution in [1.82, 2.24) is 4.57 Å². The summed E-state index contributed by atoms with van der Waals surface area (Å²) in [6.45, 7) is 4.00. The maximum atomic E-state index is 11.0. The first-order valence-corrected chi connectivity index (χ1v) is 10.9. The minimum absolute atomic E-state index is 0.0740. The number of benzene rings is 1. The molecule has 2 heterocycles. The molecule has 0 aliphatic heterocycles. The highest BCUT2D eigenvalue weighted by Crippen LogP contribution is 2.38.